The van der Waals surface area contributed by atoms with E-state index in [4.69, 9.17) is 4.98 Å². The van der Waals surface area contributed by atoms with Crippen LogP contribution in [0.2, 0.25) is 0 Å². The Labute approximate surface area is 196 Å². The lowest BCUT2D eigenvalue weighted by molar-refractivity contribution is 0.277. The van der Waals surface area contributed by atoms with E-state index in [-0.39, 0.29) is 0 Å². The Hall–Kier alpha value is -2.66. The first-order valence-electron chi connectivity index (χ1n) is 11.5. The highest BCUT2D eigenvalue weighted by Crippen LogP contribution is 2.30. The van der Waals surface area contributed by atoms with E-state index in [1.165, 1.54) is 35.2 Å². The molecule has 1 aliphatic heterocycles. The van der Waals surface area contributed by atoms with Crippen LogP contribution in [-0.2, 0) is 6.42 Å². The number of allylic oxidation sites excluding steroid dienone is 4. The van der Waals surface area contributed by atoms with Crippen molar-refractivity contribution in [3.05, 3.63) is 65.7 Å². The van der Waals surface area contributed by atoms with Gasteiger partial charge in [0, 0.05) is 30.8 Å². The number of aryl methyl sites for hydroxylation is 1. The number of fused-ring (bicyclic) bond motifs is 1. The number of nitrogens with zero attached hydrogens (tertiary/aromatic N) is 3. The summed E-state index contributed by atoms with van der Waals surface area (Å²) in [6.07, 6.45) is 7.81. The average Bonchev–Trinajstić information content (AvgIpc) is 3.45. The monoisotopic (exact) mass is 448 g/mol. The molecule has 2 aromatic heterocycles. The van der Waals surface area contributed by atoms with Gasteiger partial charge in [-0.05, 0) is 71.1 Å². The summed E-state index contributed by atoms with van der Waals surface area (Å²) in [7, 11) is 0. The van der Waals surface area contributed by atoms with Crippen LogP contribution in [0.3, 0.4) is 0 Å². The van der Waals surface area contributed by atoms with Crippen molar-refractivity contribution >= 4 is 27.1 Å². The molecule has 4 rings (SSSR count). The van der Waals surface area contributed by atoms with Crippen molar-refractivity contribution in [2.45, 2.75) is 59.8 Å². The zero-order valence-corrected chi connectivity index (χ0v) is 20.8. The van der Waals surface area contributed by atoms with Gasteiger partial charge in [-0.25, -0.2) is 9.97 Å². The number of hydrogen-bond donors (Lipinski definition) is 1. The molecule has 0 atom stereocenters. The Morgan fingerprint density at radius 3 is 2.53 bits per heavy atom. The van der Waals surface area contributed by atoms with Crippen molar-refractivity contribution in [1.82, 2.24) is 19.9 Å². The van der Waals surface area contributed by atoms with Crippen LogP contribution in [-0.4, -0.2) is 32.9 Å². The molecule has 32 heavy (non-hydrogen) atoms. The molecule has 1 fully saturated rings. The molecule has 0 amide bonds. The number of hydrogen-bond acceptors (Lipinski definition) is 4. The van der Waals surface area contributed by atoms with E-state index < -0.39 is 0 Å². The van der Waals surface area contributed by atoms with Crippen molar-refractivity contribution in [3.63, 3.8) is 0 Å². The van der Waals surface area contributed by atoms with Crippen LogP contribution in [0.4, 0.5) is 0 Å². The fourth-order valence-corrected chi connectivity index (χ4v) is 4.42. The predicted molar refractivity (Wildman–Crippen MR) is 140 cm³/mol. The van der Waals surface area contributed by atoms with Crippen LogP contribution >= 0.6 is 11.3 Å². The third-order valence-electron chi connectivity index (χ3n) is 5.81. The number of thiazole rings is 1. The average molecular weight is 449 g/mol. The molecular weight excluding hydrogens is 412 g/mol. The number of piperidine rings is 1. The number of H-pyrrole nitrogens is 1. The van der Waals surface area contributed by atoms with Crippen LogP contribution in [0.1, 0.15) is 64.9 Å². The van der Waals surface area contributed by atoms with Crippen molar-refractivity contribution in [1.29, 1.82) is 0 Å². The van der Waals surface area contributed by atoms with E-state index in [1.54, 1.807) is 11.3 Å². The van der Waals surface area contributed by atoms with Crippen molar-refractivity contribution < 1.29 is 0 Å². The van der Waals surface area contributed by atoms with Crippen LogP contribution in [0.25, 0.3) is 27.0 Å². The second-order valence-electron chi connectivity index (χ2n) is 8.70. The molecule has 1 aromatic carbocycles. The van der Waals surface area contributed by atoms with Crippen molar-refractivity contribution in [2.75, 3.05) is 13.1 Å². The first-order valence-corrected chi connectivity index (χ1v) is 12.4. The Bertz CT molecular complexity index is 1090. The summed E-state index contributed by atoms with van der Waals surface area (Å²) in [5.41, 5.74) is 9.66. The molecule has 0 unspecified atom stereocenters. The molecular formula is C27H36N4S. The molecule has 1 saturated heterocycles. The lowest BCUT2D eigenvalue weighted by Crippen LogP contribution is -2.28. The molecule has 0 aliphatic carbocycles. The smallest absolute Gasteiger partial charge is 0.107 e. The first kappa shape index (κ1) is 24.0. The van der Waals surface area contributed by atoms with Gasteiger partial charge in [0.15, 0.2) is 0 Å². The molecule has 3 heterocycles. The van der Waals surface area contributed by atoms with Gasteiger partial charge in [-0.1, -0.05) is 30.9 Å². The Kier molecular flexibility index (Phi) is 8.46. The minimum Gasteiger partial charge on any atom is -0.375 e. The van der Waals surface area contributed by atoms with Gasteiger partial charge in [0.05, 0.1) is 27.1 Å². The summed E-state index contributed by atoms with van der Waals surface area (Å²) < 4.78 is 1.19. The minimum absolute atomic E-state index is 0.873. The molecule has 0 spiro atoms. The van der Waals surface area contributed by atoms with Gasteiger partial charge in [-0.15, -0.1) is 11.3 Å². The van der Waals surface area contributed by atoms with E-state index in [9.17, 15) is 0 Å². The van der Waals surface area contributed by atoms with Gasteiger partial charge in [0.25, 0.3) is 0 Å². The highest BCUT2D eigenvalue weighted by Gasteiger charge is 2.16. The maximum atomic E-state index is 4.84. The van der Waals surface area contributed by atoms with Gasteiger partial charge in [-0.2, -0.15) is 0 Å². The summed E-state index contributed by atoms with van der Waals surface area (Å²) >= 11 is 1.66. The number of nitrogens with one attached hydrogen (secondary N) is 1. The fourth-order valence-electron chi connectivity index (χ4n) is 3.70. The zero-order valence-electron chi connectivity index (χ0n) is 20.0. The Morgan fingerprint density at radius 1 is 1.16 bits per heavy atom. The Balaban J connectivity index is 0.000000523. The van der Waals surface area contributed by atoms with E-state index in [0.29, 0.717) is 0 Å². The molecule has 0 saturated carbocycles. The lowest BCUT2D eigenvalue weighted by atomic mass is 10.1. The molecule has 3 aromatic rings. The maximum Gasteiger partial charge on any atom is 0.107 e. The number of aromatic nitrogens is 3. The number of benzene rings is 1. The largest absolute Gasteiger partial charge is 0.375 e. The quantitative estimate of drug-likeness (QED) is 0.394. The summed E-state index contributed by atoms with van der Waals surface area (Å²) in [5.74, 6) is 1.01. The van der Waals surface area contributed by atoms with Gasteiger partial charge in [0.2, 0.25) is 0 Å². The highest BCUT2D eigenvalue weighted by atomic mass is 32.1. The maximum absolute atomic E-state index is 4.84. The van der Waals surface area contributed by atoms with Crippen LogP contribution in [0, 0.1) is 0 Å². The van der Waals surface area contributed by atoms with Gasteiger partial charge >= 0.3 is 0 Å². The van der Waals surface area contributed by atoms with E-state index in [2.05, 4.69) is 66.1 Å². The zero-order chi connectivity index (χ0) is 23.1. The fraction of sp³-hybridized carbons (Fsp3) is 0.407. The van der Waals surface area contributed by atoms with Crippen molar-refractivity contribution in [2.24, 2.45) is 0 Å². The normalized spacial score (nSPS) is 13.4. The van der Waals surface area contributed by atoms with E-state index in [0.717, 1.165) is 59.8 Å². The van der Waals surface area contributed by atoms with Crippen LogP contribution < -0.4 is 0 Å². The molecule has 170 valence electrons. The molecule has 0 bridgehead atoms. The molecule has 5 heteroatoms. The minimum atomic E-state index is 0.873. The third kappa shape index (κ3) is 6.19. The Morgan fingerprint density at radius 2 is 1.88 bits per heavy atom. The predicted octanol–water partition coefficient (Wildman–Crippen LogP) is 7.62. The highest BCUT2D eigenvalue weighted by molar-refractivity contribution is 7.16. The summed E-state index contributed by atoms with van der Waals surface area (Å²) in [6.45, 7) is 18.9. The molecule has 1 N–H and O–H groups in total. The van der Waals surface area contributed by atoms with Crippen molar-refractivity contribution in [3.8, 4) is 11.3 Å². The second-order valence-corrected chi connectivity index (χ2v) is 9.59. The van der Waals surface area contributed by atoms with E-state index in [1.807, 2.05) is 19.4 Å². The summed E-state index contributed by atoms with van der Waals surface area (Å²) in [5, 5.41) is 0. The lowest BCUT2D eigenvalue weighted by Gasteiger charge is -2.30. The number of likely N-dealkylation sites (tertiary alicyclic amines) is 1. The van der Waals surface area contributed by atoms with Gasteiger partial charge in [0.1, 0.15) is 5.82 Å². The second kappa shape index (κ2) is 11.3. The summed E-state index contributed by atoms with van der Waals surface area (Å²) in [4.78, 5) is 15.2. The molecule has 0 radical (unpaired) electrons. The molecule has 1 aliphatic rings. The van der Waals surface area contributed by atoms with E-state index >= 15 is 0 Å². The van der Waals surface area contributed by atoms with Gasteiger partial charge in [-0.3, -0.25) is 0 Å². The summed E-state index contributed by atoms with van der Waals surface area (Å²) in [6, 6.07) is 6.37. The number of rotatable bonds is 6. The van der Waals surface area contributed by atoms with Gasteiger partial charge < -0.3 is 9.88 Å². The first-order chi connectivity index (χ1) is 15.4. The van der Waals surface area contributed by atoms with Crippen LogP contribution in [0.15, 0.2) is 54.2 Å². The topological polar surface area (TPSA) is 44.8 Å². The third-order valence-corrected chi connectivity index (χ3v) is 6.60. The van der Waals surface area contributed by atoms with Crippen LogP contribution in [0.5, 0.6) is 0 Å². The number of imidazole rings is 1. The SMILES string of the molecule is C=C(C)c1nc(CCC(=C)N2CCCCC2)[nH]c1-c1ccc2ncsc2c1.CC=C(C)C. The standard InChI is InChI=1S/C22H26N4S.C5H10/c1-15(2)21-22(17-8-9-18-19(13-17)27-14-23-18)25-20(24-21)10-7-16(3)26-11-5-4-6-12-26;1-4-5(2)3/h8-9,13-14H,1,3-7,10-12H2,2H3,(H,24,25);4H,1-3H3. The number of aromatic amines is 1. The molecule has 4 nitrogen and oxygen atoms in total.